The summed E-state index contributed by atoms with van der Waals surface area (Å²) < 4.78 is 19.3. The van der Waals surface area contributed by atoms with Gasteiger partial charge < -0.3 is 15.2 Å². The first-order valence-corrected chi connectivity index (χ1v) is 9.01. The van der Waals surface area contributed by atoms with Gasteiger partial charge in [-0.25, -0.2) is 9.18 Å². The van der Waals surface area contributed by atoms with Crippen LogP contribution in [0.3, 0.4) is 0 Å². The molecular formula is C21H20FNO4. The number of nitrogens with one attached hydrogen (secondary N) is 1. The van der Waals surface area contributed by atoms with Gasteiger partial charge in [0.15, 0.2) is 0 Å². The largest absolute Gasteiger partial charge is 0.490 e. The highest BCUT2D eigenvalue weighted by Crippen LogP contribution is 2.48. The van der Waals surface area contributed by atoms with Crippen molar-refractivity contribution < 1.29 is 23.8 Å². The monoisotopic (exact) mass is 369 g/mol. The Labute approximate surface area is 156 Å². The molecule has 2 aromatic rings. The second kappa shape index (κ2) is 6.37. The summed E-state index contributed by atoms with van der Waals surface area (Å²) in [5, 5.41) is 12.2. The van der Waals surface area contributed by atoms with Gasteiger partial charge in [0.25, 0.3) is 0 Å². The summed E-state index contributed by atoms with van der Waals surface area (Å²) in [6.45, 7) is 1.80. The third-order valence-electron chi connectivity index (χ3n) is 5.68. The zero-order valence-electron chi connectivity index (χ0n) is 14.9. The van der Waals surface area contributed by atoms with Crippen LogP contribution < -0.4 is 10.1 Å². The van der Waals surface area contributed by atoms with Gasteiger partial charge in [-0.2, -0.15) is 0 Å². The standard InChI is InChI=1S/C21H20FNO4/c1-12-10-14(22)3-5-18(12)27-15-6-8-21(9-7-15)16-11-13(19(24)25)2-4-17(16)23-20(21)26/h2-5,10-11,15H,6-9H2,1H3,(H,23,26)(H,24,25)/t15-,21-. The summed E-state index contributed by atoms with van der Waals surface area (Å²) in [4.78, 5) is 24.0. The van der Waals surface area contributed by atoms with E-state index in [1.54, 1.807) is 25.1 Å². The van der Waals surface area contributed by atoms with Crippen molar-refractivity contribution in [1.29, 1.82) is 0 Å². The Morgan fingerprint density at radius 3 is 2.63 bits per heavy atom. The number of amides is 1. The normalized spacial score (nSPS) is 23.8. The van der Waals surface area contributed by atoms with Crippen molar-refractivity contribution >= 4 is 17.6 Å². The zero-order chi connectivity index (χ0) is 19.2. The van der Waals surface area contributed by atoms with Crippen molar-refractivity contribution in [2.24, 2.45) is 0 Å². The predicted octanol–water partition coefficient (Wildman–Crippen LogP) is 4.04. The molecule has 1 heterocycles. The van der Waals surface area contributed by atoms with Crippen LogP contribution >= 0.6 is 0 Å². The van der Waals surface area contributed by atoms with E-state index in [0.29, 0.717) is 37.1 Å². The Kier molecular flexibility index (Phi) is 4.13. The minimum absolute atomic E-state index is 0.0562. The van der Waals surface area contributed by atoms with Crippen LogP contribution in [0.1, 0.15) is 47.2 Å². The van der Waals surface area contributed by atoms with Crippen molar-refractivity contribution in [2.45, 2.75) is 44.1 Å². The Morgan fingerprint density at radius 2 is 1.96 bits per heavy atom. The minimum Gasteiger partial charge on any atom is -0.490 e. The summed E-state index contributed by atoms with van der Waals surface area (Å²) in [5.74, 6) is -0.717. The van der Waals surface area contributed by atoms with E-state index in [9.17, 15) is 19.1 Å². The first-order valence-electron chi connectivity index (χ1n) is 9.01. The first-order chi connectivity index (χ1) is 12.9. The maximum absolute atomic E-state index is 13.3. The molecule has 1 saturated carbocycles. The van der Waals surface area contributed by atoms with Crippen LogP contribution in [0.5, 0.6) is 5.75 Å². The number of rotatable bonds is 3. The molecule has 1 spiro atoms. The maximum atomic E-state index is 13.3. The molecule has 1 aliphatic heterocycles. The van der Waals surface area contributed by atoms with Gasteiger partial charge in [-0.05, 0) is 80.1 Å². The Morgan fingerprint density at radius 1 is 1.22 bits per heavy atom. The van der Waals surface area contributed by atoms with Crippen LogP contribution in [0.2, 0.25) is 0 Å². The molecule has 1 fully saturated rings. The average molecular weight is 369 g/mol. The zero-order valence-corrected chi connectivity index (χ0v) is 14.9. The second-order valence-corrected chi connectivity index (χ2v) is 7.33. The lowest BCUT2D eigenvalue weighted by Gasteiger charge is -2.36. The summed E-state index contributed by atoms with van der Waals surface area (Å²) in [6.07, 6.45) is 2.45. The summed E-state index contributed by atoms with van der Waals surface area (Å²) in [5.41, 5.74) is 1.69. The molecule has 6 heteroatoms. The maximum Gasteiger partial charge on any atom is 0.335 e. The molecule has 140 valence electrons. The minimum atomic E-state index is -1.00. The molecule has 2 aromatic carbocycles. The fraction of sp³-hybridized carbons (Fsp3) is 0.333. The number of benzene rings is 2. The van der Waals surface area contributed by atoms with E-state index >= 15 is 0 Å². The van der Waals surface area contributed by atoms with E-state index in [1.807, 2.05) is 0 Å². The first kappa shape index (κ1) is 17.5. The number of ether oxygens (including phenoxy) is 1. The Balaban J connectivity index is 1.54. The van der Waals surface area contributed by atoms with Gasteiger partial charge in [-0.1, -0.05) is 0 Å². The number of anilines is 1. The third kappa shape index (κ3) is 2.95. The van der Waals surface area contributed by atoms with Crippen LogP contribution in [0.25, 0.3) is 0 Å². The molecule has 0 aromatic heterocycles. The highest BCUT2D eigenvalue weighted by molar-refractivity contribution is 6.07. The number of hydrogen-bond acceptors (Lipinski definition) is 3. The van der Waals surface area contributed by atoms with Crippen molar-refractivity contribution in [1.82, 2.24) is 0 Å². The van der Waals surface area contributed by atoms with Crippen molar-refractivity contribution in [3.05, 3.63) is 58.9 Å². The number of carboxylic acid groups (broad SMARTS) is 1. The summed E-state index contributed by atoms with van der Waals surface area (Å²) in [6, 6.07) is 9.23. The Bertz CT molecular complexity index is 932. The third-order valence-corrected chi connectivity index (χ3v) is 5.68. The van der Waals surface area contributed by atoms with E-state index < -0.39 is 11.4 Å². The molecule has 2 aliphatic rings. The van der Waals surface area contributed by atoms with Gasteiger partial charge in [0.2, 0.25) is 5.91 Å². The molecule has 0 bridgehead atoms. The summed E-state index contributed by atoms with van der Waals surface area (Å²) >= 11 is 0. The lowest BCUT2D eigenvalue weighted by Crippen LogP contribution is -2.41. The predicted molar refractivity (Wildman–Crippen MR) is 97.7 cm³/mol. The molecule has 0 saturated heterocycles. The molecule has 1 aliphatic carbocycles. The molecule has 4 rings (SSSR count). The van der Waals surface area contributed by atoms with E-state index in [2.05, 4.69) is 5.32 Å². The molecule has 5 nitrogen and oxygen atoms in total. The lowest BCUT2D eigenvalue weighted by atomic mass is 9.69. The van der Waals surface area contributed by atoms with E-state index in [4.69, 9.17) is 4.74 Å². The van der Waals surface area contributed by atoms with Crippen LogP contribution in [0.4, 0.5) is 10.1 Å². The molecule has 0 atom stereocenters. The molecule has 1 amide bonds. The van der Waals surface area contributed by atoms with Crippen LogP contribution in [-0.2, 0) is 10.2 Å². The van der Waals surface area contributed by atoms with Crippen LogP contribution in [0, 0.1) is 12.7 Å². The van der Waals surface area contributed by atoms with Gasteiger partial charge >= 0.3 is 5.97 Å². The molecular weight excluding hydrogens is 349 g/mol. The lowest BCUT2D eigenvalue weighted by molar-refractivity contribution is -0.122. The fourth-order valence-electron chi connectivity index (χ4n) is 4.17. The number of halogens is 1. The number of aryl methyl sites for hydroxylation is 1. The van der Waals surface area contributed by atoms with Gasteiger partial charge in [0.05, 0.1) is 17.1 Å². The van der Waals surface area contributed by atoms with Gasteiger partial charge in [0, 0.05) is 5.69 Å². The SMILES string of the molecule is Cc1cc(F)ccc1O[C@H]1CC[C@@]2(CC1)C(=O)Nc1ccc(C(=O)O)cc12. The van der Waals surface area contributed by atoms with E-state index in [-0.39, 0.29) is 23.4 Å². The van der Waals surface area contributed by atoms with Crippen molar-refractivity contribution in [3.63, 3.8) is 0 Å². The topological polar surface area (TPSA) is 75.6 Å². The van der Waals surface area contributed by atoms with Gasteiger partial charge in [0.1, 0.15) is 11.6 Å². The second-order valence-electron chi connectivity index (χ2n) is 7.33. The number of fused-ring (bicyclic) bond motifs is 2. The Hall–Kier alpha value is -2.89. The van der Waals surface area contributed by atoms with Crippen LogP contribution in [0.15, 0.2) is 36.4 Å². The van der Waals surface area contributed by atoms with Crippen molar-refractivity contribution in [2.75, 3.05) is 5.32 Å². The average Bonchev–Trinajstić information content (AvgIpc) is 2.90. The smallest absolute Gasteiger partial charge is 0.335 e. The van der Waals surface area contributed by atoms with Gasteiger partial charge in [-0.3, -0.25) is 4.79 Å². The fourth-order valence-corrected chi connectivity index (χ4v) is 4.17. The highest BCUT2D eigenvalue weighted by Gasteiger charge is 2.49. The number of carbonyl (C=O) groups excluding carboxylic acids is 1. The van der Waals surface area contributed by atoms with E-state index in [0.717, 1.165) is 11.1 Å². The molecule has 0 unspecified atom stereocenters. The van der Waals surface area contributed by atoms with Gasteiger partial charge in [-0.15, -0.1) is 0 Å². The molecule has 0 radical (unpaired) electrons. The van der Waals surface area contributed by atoms with E-state index in [1.165, 1.54) is 18.2 Å². The molecule has 2 N–H and O–H groups in total. The van der Waals surface area contributed by atoms with Crippen molar-refractivity contribution in [3.8, 4) is 5.75 Å². The number of aromatic carboxylic acids is 1. The molecule has 27 heavy (non-hydrogen) atoms. The number of carbonyl (C=O) groups is 2. The quantitative estimate of drug-likeness (QED) is 0.856. The highest BCUT2D eigenvalue weighted by atomic mass is 19.1. The number of hydrogen-bond donors (Lipinski definition) is 2. The number of carboxylic acids is 1. The van der Waals surface area contributed by atoms with Crippen LogP contribution in [-0.4, -0.2) is 23.1 Å². The summed E-state index contributed by atoms with van der Waals surface area (Å²) in [7, 11) is 0.